The number of para-hydroxylation sites is 1. The van der Waals surface area contributed by atoms with Crippen molar-refractivity contribution >= 4 is 28.6 Å². The third-order valence-electron chi connectivity index (χ3n) is 4.57. The van der Waals surface area contributed by atoms with Gasteiger partial charge in [0, 0.05) is 13.2 Å². The van der Waals surface area contributed by atoms with E-state index >= 15 is 0 Å². The molecular weight excluding hydrogens is 362 g/mol. The van der Waals surface area contributed by atoms with Crippen LogP contribution in [0.4, 0.5) is 0 Å². The summed E-state index contributed by atoms with van der Waals surface area (Å²) in [5.74, 6) is 0.349. The number of rotatable bonds is 7. The fourth-order valence-corrected chi connectivity index (χ4v) is 3.99. The molecule has 1 aliphatic heterocycles. The van der Waals surface area contributed by atoms with E-state index in [4.69, 9.17) is 4.74 Å². The Labute approximate surface area is 163 Å². The average molecular weight is 390 g/mol. The number of hydrogen-bond donors (Lipinski definition) is 1. The number of benzene rings is 1. The summed E-state index contributed by atoms with van der Waals surface area (Å²) < 4.78 is 7.40. The lowest BCUT2D eigenvalue weighted by atomic mass is 10.2. The first-order valence-electron chi connectivity index (χ1n) is 9.51. The third kappa shape index (κ3) is 4.90. The van der Waals surface area contributed by atoms with Crippen LogP contribution < -0.4 is 10.9 Å². The maximum absolute atomic E-state index is 13.1. The molecule has 0 unspecified atom stereocenters. The van der Waals surface area contributed by atoms with Gasteiger partial charge in [-0.1, -0.05) is 37.7 Å². The number of nitrogens with one attached hydrogen (secondary N) is 1. The first-order chi connectivity index (χ1) is 13.0. The summed E-state index contributed by atoms with van der Waals surface area (Å²) in [5, 5.41) is 3.77. The molecule has 1 aromatic carbocycles. The molecule has 1 aliphatic rings. The van der Waals surface area contributed by atoms with Crippen LogP contribution in [0.2, 0.25) is 0 Å². The van der Waals surface area contributed by atoms with Gasteiger partial charge in [-0.05, 0) is 37.8 Å². The molecule has 3 rings (SSSR count). The standard InChI is InChI=1S/C20H27N3O3S/c1-13(2)11-21-18(24)14(3)27-20-22-17-9-5-4-8-16(17)19(25)23(20)12-15-7-6-10-26-15/h4-5,8-9,13-15H,6-7,10-12H2,1-3H3,(H,21,24)/t14-,15-/m0/s1. The Bertz CT molecular complexity index is 859. The fraction of sp³-hybridized carbons (Fsp3) is 0.550. The Morgan fingerprint density at radius 3 is 2.85 bits per heavy atom. The van der Waals surface area contributed by atoms with Crippen molar-refractivity contribution in [1.29, 1.82) is 0 Å². The van der Waals surface area contributed by atoms with Gasteiger partial charge in [0.05, 0.1) is 28.8 Å². The minimum atomic E-state index is -0.340. The molecule has 1 amide bonds. The minimum absolute atomic E-state index is 0.0232. The van der Waals surface area contributed by atoms with E-state index < -0.39 is 0 Å². The Balaban J connectivity index is 1.89. The van der Waals surface area contributed by atoms with Crippen molar-refractivity contribution in [3.63, 3.8) is 0 Å². The van der Waals surface area contributed by atoms with Crippen molar-refractivity contribution < 1.29 is 9.53 Å². The van der Waals surface area contributed by atoms with Gasteiger partial charge in [0.15, 0.2) is 5.16 Å². The van der Waals surface area contributed by atoms with Crippen LogP contribution in [0.3, 0.4) is 0 Å². The van der Waals surface area contributed by atoms with Crippen molar-refractivity contribution in [1.82, 2.24) is 14.9 Å². The average Bonchev–Trinajstić information content (AvgIpc) is 3.16. The topological polar surface area (TPSA) is 73.2 Å². The smallest absolute Gasteiger partial charge is 0.262 e. The van der Waals surface area contributed by atoms with Gasteiger partial charge in [-0.25, -0.2) is 4.98 Å². The number of ether oxygens (including phenoxy) is 1. The summed E-state index contributed by atoms with van der Waals surface area (Å²) in [5.41, 5.74) is 0.580. The number of nitrogens with zero attached hydrogens (tertiary/aromatic N) is 2. The van der Waals surface area contributed by atoms with Crippen molar-refractivity contribution in [2.45, 2.75) is 56.7 Å². The van der Waals surface area contributed by atoms with E-state index in [1.54, 1.807) is 10.6 Å². The lowest BCUT2D eigenvalue weighted by Crippen LogP contribution is -2.34. The third-order valence-corrected chi connectivity index (χ3v) is 5.66. The number of amides is 1. The molecule has 0 spiro atoms. The van der Waals surface area contributed by atoms with Crippen LogP contribution in [-0.2, 0) is 16.1 Å². The molecule has 0 aliphatic carbocycles. The van der Waals surface area contributed by atoms with Crippen LogP contribution in [0, 0.1) is 5.92 Å². The predicted octanol–water partition coefficient (Wildman–Crippen LogP) is 2.83. The first kappa shape index (κ1) is 19.9. The highest BCUT2D eigenvalue weighted by Gasteiger charge is 2.23. The monoisotopic (exact) mass is 389 g/mol. The molecule has 27 heavy (non-hydrogen) atoms. The van der Waals surface area contributed by atoms with Crippen molar-refractivity contribution in [2.24, 2.45) is 5.92 Å². The van der Waals surface area contributed by atoms with Crippen LogP contribution in [-0.4, -0.2) is 40.0 Å². The predicted molar refractivity (Wildman–Crippen MR) is 108 cm³/mol. The first-order valence-corrected chi connectivity index (χ1v) is 10.4. The van der Waals surface area contributed by atoms with Gasteiger partial charge in [0.1, 0.15) is 0 Å². The molecule has 0 saturated carbocycles. The Hall–Kier alpha value is -1.86. The summed E-state index contributed by atoms with van der Waals surface area (Å²) in [6, 6.07) is 7.34. The van der Waals surface area contributed by atoms with E-state index in [1.807, 2.05) is 25.1 Å². The van der Waals surface area contributed by atoms with Crippen LogP contribution >= 0.6 is 11.8 Å². The van der Waals surface area contributed by atoms with Crippen LogP contribution in [0.5, 0.6) is 0 Å². The highest BCUT2D eigenvalue weighted by Crippen LogP contribution is 2.24. The number of carbonyl (C=O) groups excluding carboxylic acids is 1. The van der Waals surface area contributed by atoms with Crippen LogP contribution in [0.1, 0.15) is 33.6 Å². The molecule has 7 heteroatoms. The zero-order valence-electron chi connectivity index (χ0n) is 16.1. The molecule has 6 nitrogen and oxygen atoms in total. The quantitative estimate of drug-likeness (QED) is 0.582. The van der Waals surface area contributed by atoms with Crippen LogP contribution in [0.15, 0.2) is 34.2 Å². The van der Waals surface area contributed by atoms with E-state index in [0.29, 0.717) is 35.1 Å². The van der Waals surface area contributed by atoms with E-state index in [9.17, 15) is 9.59 Å². The molecule has 1 N–H and O–H groups in total. The molecule has 2 atom stereocenters. The number of aromatic nitrogens is 2. The summed E-state index contributed by atoms with van der Waals surface area (Å²) in [6.07, 6.45) is 1.97. The van der Waals surface area contributed by atoms with Gasteiger partial charge in [0.25, 0.3) is 5.56 Å². The molecule has 1 fully saturated rings. The lowest BCUT2D eigenvalue weighted by molar-refractivity contribution is -0.120. The second-order valence-corrected chi connectivity index (χ2v) is 8.67. The van der Waals surface area contributed by atoms with Gasteiger partial charge >= 0.3 is 0 Å². The van der Waals surface area contributed by atoms with E-state index in [0.717, 1.165) is 19.4 Å². The highest BCUT2D eigenvalue weighted by atomic mass is 32.2. The maximum atomic E-state index is 13.1. The van der Waals surface area contributed by atoms with Gasteiger partial charge in [-0.15, -0.1) is 0 Å². The summed E-state index contributed by atoms with van der Waals surface area (Å²) >= 11 is 1.33. The normalized spacial score (nSPS) is 18.1. The van der Waals surface area contributed by atoms with Crippen molar-refractivity contribution in [3.05, 3.63) is 34.6 Å². The maximum Gasteiger partial charge on any atom is 0.262 e. The molecule has 0 radical (unpaired) electrons. The zero-order valence-corrected chi connectivity index (χ0v) is 16.9. The number of carbonyl (C=O) groups is 1. The largest absolute Gasteiger partial charge is 0.376 e. The summed E-state index contributed by atoms with van der Waals surface area (Å²) in [7, 11) is 0. The molecule has 2 aromatic rings. The lowest BCUT2D eigenvalue weighted by Gasteiger charge is -2.18. The molecular formula is C20H27N3O3S. The number of hydrogen-bond acceptors (Lipinski definition) is 5. The van der Waals surface area contributed by atoms with E-state index in [2.05, 4.69) is 24.1 Å². The van der Waals surface area contributed by atoms with E-state index in [-0.39, 0.29) is 22.8 Å². The summed E-state index contributed by atoms with van der Waals surface area (Å²) in [4.78, 5) is 30.1. The Kier molecular flexibility index (Phi) is 6.55. The van der Waals surface area contributed by atoms with Crippen molar-refractivity contribution in [3.8, 4) is 0 Å². The van der Waals surface area contributed by atoms with Gasteiger partial charge < -0.3 is 10.1 Å². The summed E-state index contributed by atoms with van der Waals surface area (Å²) in [6.45, 7) is 7.80. The second kappa shape index (κ2) is 8.89. The highest BCUT2D eigenvalue weighted by molar-refractivity contribution is 8.00. The molecule has 0 bridgehead atoms. The van der Waals surface area contributed by atoms with Crippen LogP contribution in [0.25, 0.3) is 10.9 Å². The number of fused-ring (bicyclic) bond motifs is 1. The molecule has 146 valence electrons. The SMILES string of the molecule is CC(C)CNC(=O)[C@H](C)Sc1nc2ccccc2c(=O)n1C[C@@H]1CCCO1. The molecule has 1 aromatic heterocycles. The molecule has 2 heterocycles. The Morgan fingerprint density at radius 2 is 2.15 bits per heavy atom. The second-order valence-electron chi connectivity index (χ2n) is 7.36. The zero-order chi connectivity index (χ0) is 19.4. The van der Waals surface area contributed by atoms with Gasteiger partial charge in [-0.2, -0.15) is 0 Å². The molecule has 1 saturated heterocycles. The fourth-order valence-electron chi connectivity index (χ4n) is 3.05. The minimum Gasteiger partial charge on any atom is -0.376 e. The van der Waals surface area contributed by atoms with Gasteiger partial charge in [0.2, 0.25) is 5.91 Å². The number of thioether (sulfide) groups is 1. The van der Waals surface area contributed by atoms with E-state index in [1.165, 1.54) is 11.8 Å². The van der Waals surface area contributed by atoms with Crippen molar-refractivity contribution in [2.75, 3.05) is 13.2 Å². The Morgan fingerprint density at radius 1 is 1.37 bits per heavy atom. The van der Waals surface area contributed by atoms with Gasteiger partial charge in [-0.3, -0.25) is 14.2 Å².